The molecule has 0 fully saturated rings. The molecule has 0 amide bonds. The first-order valence-electron chi connectivity index (χ1n) is 3.28. The fourth-order valence-corrected chi connectivity index (χ4v) is 0.256. The minimum atomic E-state index is 0.719. The van der Waals surface area contributed by atoms with Crippen molar-refractivity contribution in [1.82, 2.24) is 0 Å². The molecule has 0 aromatic rings. The molecule has 0 saturated carbocycles. The molecule has 0 heterocycles. The topological polar surface area (TPSA) is 23.8 Å². The lowest BCUT2D eigenvalue weighted by Gasteiger charge is -1.77. The van der Waals surface area contributed by atoms with Gasteiger partial charge in [-0.15, -0.1) is 0 Å². The molecule has 8 heavy (non-hydrogen) atoms. The van der Waals surface area contributed by atoms with Gasteiger partial charge in [0.15, 0.2) is 0 Å². The summed E-state index contributed by atoms with van der Waals surface area (Å²) >= 11 is 0. The van der Waals surface area contributed by atoms with Gasteiger partial charge in [0, 0.05) is 6.42 Å². The highest BCUT2D eigenvalue weighted by atomic mass is 14.2. The molecule has 0 saturated heterocycles. The Hall–Kier alpha value is -0.510. The van der Waals surface area contributed by atoms with Crippen LogP contribution in [0.5, 0.6) is 0 Å². The molecule has 0 aliphatic rings. The van der Waals surface area contributed by atoms with Gasteiger partial charge in [-0.05, 0) is 6.42 Å². The van der Waals surface area contributed by atoms with Crippen molar-refractivity contribution < 1.29 is 0 Å². The van der Waals surface area contributed by atoms with E-state index in [1.54, 1.807) is 0 Å². The Bertz CT molecular complexity index is 51.9. The van der Waals surface area contributed by atoms with Gasteiger partial charge in [0.1, 0.15) is 0 Å². The van der Waals surface area contributed by atoms with Crippen LogP contribution in [0.1, 0.15) is 40.0 Å². The Labute approximate surface area is 52.3 Å². The van der Waals surface area contributed by atoms with Crippen LogP contribution in [0.4, 0.5) is 0 Å². The van der Waals surface area contributed by atoms with E-state index in [1.807, 2.05) is 13.8 Å². The number of unbranched alkanes of at least 4 members (excludes halogenated alkanes) is 2. The molecule has 0 radical (unpaired) electrons. The molecular weight excluding hydrogens is 98.1 g/mol. The first-order valence-corrected chi connectivity index (χ1v) is 3.28. The van der Waals surface area contributed by atoms with E-state index in [0.29, 0.717) is 0 Å². The van der Waals surface area contributed by atoms with Crippen LogP contribution in [0.15, 0.2) is 0 Å². The molecule has 0 rings (SSSR count). The van der Waals surface area contributed by atoms with Crippen molar-refractivity contribution in [2.24, 2.45) is 0 Å². The van der Waals surface area contributed by atoms with Crippen molar-refractivity contribution >= 4 is 0 Å². The lowest BCUT2D eigenvalue weighted by atomic mass is 10.3. The summed E-state index contributed by atoms with van der Waals surface area (Å²) in [5, 5.41) is 7.95. The maximum atomic E-state index is 7.95. The molecular formula is C7H15N. The monoisotopic (exact) mass is 113 g/mol. The van der Waals surface area contributed by atoms with Gasteiger partial charge >= 0.3 is 0 Å². The third-order valence-corrected chi connectivity index (χ3v) is 0.642. The fraction of sp³-hybridized carbons (Fsp3) is 0.857. The van der Waals surface area contributed by atoms with E-state index in [-0.39, 0.29) is 0 Å². The predicted molar refractivity (Wildman–Crippen MR) is 36.5 cm³/mol. The van der Waals surface area contributed by atoms with Gasteiger partial charge in [-0.3, -0.25) is 0 Å². The molecule has 0 aromatic heterocycles. The molecule has 0 bridgehead atoms. The molecule has 1 nitrogen and oxygen atoms in total. The Kier molecular flexibility index (Phi) is 21.0. The summed E-state index contributed by atoms with van der Waals surface area (Å²) in [5.74, 6) is 0. The Morgan fingerprint density at radius 2 is 1.88 bits per heavy atom. The van der Waals surface area contributed by atoms with E-state index in [1.165, 1.54) is 0 Å². The summed E-state index contributed by atoms with van der Waals surface area (Å²) in [7, 11) is 0. The first-order chi connectivity index (χ1) is 3.91. The molecule has 0 aliphatic carbocycles. The fourth-order valence-electron chi connectivity index (χ4n) is 0.256. The van der Waals surface area contributed by atoms with Crippen LogP contribution in [0, 0.1) is 11.3 Å². The summed E-state index contributed by atoms with van der Waals surface area (Å²) in [6.07, 6.45) is 2.90. The minimum absolute atomic E-state index is 0.719. The quantitative estimate of drug-likeness (QED) is 0.505. The molecule has 0 N–H and O–H groups in total. The van der Waals surface area contributed by atoms with Crippen LogP contribution < -0.4 is 0 Å². The summed E-state index contributed by atoms with van der Waals surface area (Å²) in [4.78, 5) is 0. The van der Waals surface area contributed by atoms with Gasteiger partial charge in [0.05, 0.1) is 6.07 Å². The van der Waals surface area contributed by atoms with Crippen molar-refractivity contribution in [2.45, 2.75) is 40.0 Å². The Balaban J connectivity index is 0. The average molecular weight is 113 g/mol. The smallest absolute Gasteiger partial charge is 0.0621 e. The normalized spacial score (nSPS) is 6.25. The molecule has 0 unspecified atom stereocenters. The summed E-state index contributed by atoms with van der Waals surface area (Å²) in [6, 6.07) is 2.07. The van der Waals surface area contributed by atoms with E-state index in [0.717, 1.165) is 19.3 Å². The maximum Gasteiger partial charge on any atom is 0.0621 e. The van der Waals surface area contributed by atoms with Crippen molar-refractivity contribution in [1.29, 1.82) is 5.26 Å². The van der Waals surface area contributed by atoms with Gasteiger partial charge in [-0.25, -0.2) is 0 Å². The number of nitriles is 1. The zero-order valence-corrected chi connectivity index (χ0v) is 6.07. The molecule has 0 spiro atoms. The van der Waals surface area contributed by atoms with Crippen LogP contribution in [-0.2, 0) is 0 Å². The van der Waals surface area contributed by atoms with E-state index in [4.69, 9.17) is 5.26 Å². The lowest BCUT2D eigenvalue weighted by Crippen LogP contribution is -1.62. The molecule has 0 aliphatic heterocycles. The van der Waals surface area contributed by atoms with Gasteiger partial charge in [0.2, 0.25) is 0 Å². The average Bonchev–Trinajstić information content (AvgIpc) is 1.88. The van der Waals surface area contributed by atoms with Crippen LogP contribution in [-0.4, -0.2) is 0 Å². The zero-order chi connectivity index (χ0) is 6.83. The van der Waals surface area contributed by atoms with Gasteiger partial charge in [-0.2, -0.15) is 5.26 Å². The molecule has 48 valence electrons. The Morgan fingerprint density at radius 1 is 1.38 bits per heavy atom. The zero-order valence-electron chi connectivity index (χ0n) is 6.07. The van der Waals surface area contributed by atoms with Crippen molar-refractivity contribution in [2.75, 3.05) is 0 Å². The highest BCUT2D eigenvalue weighted by molar-refractivity contribution is 4.66. The third-order valence-electron chi connectivity index (χ3n) is 0.642. The second-order valence-electron chi connectivity index (χ2n) is 1.26. The van der Waals surface area contributed by atoms with E-state index in [9.17, 15) is 0 Å². The summed E-state index contributed by atoms with van der Waals surface area (Å²) < 4.78 is 0. The number of hydrogen-bond acceptors (Lipinski definition) is 1. The molecule has 1 heteroatoms. The minimum Gasteiger partial charge on any atom is -0.198 e. The van der Waals surface area contributed by atoms with Crippen LogP contribution in [0.2, 0.25) is 0 Å². The van der Waals surface area contributed by atoms with E-state index in [2.05, 4.69) is 13.0 Å². The van der Waals surface area contributed by atoms with Crippen molar-refractivity contribution in [3.8, 4) is 6.07 Å². The number of hydrogen-bond donors (Lipinski definition) is 0. The third kappa shape index (κ3) is 17.9. The lowest BCUT2D eigenvalue weighted by molar-refractivity contribution is 0.822. The second kappa shape index (κ2) is 16.1. The first kappa shape index (κ1) is 10.5. The van der Waals surface area contributed by atoms with Gasteiger partial charge in [0.25, 0.3) is 0 Å². The number of rotatable bonds is 2. The second-order valence-corrected chi connectivity index (χ2v) is 1.26. The standard InChI is InChI=1S/C5H9N.C2H6/c1-2-3-4-5-6;1-2/h2-4H2,1H3;1-2H3. The molecule has 0 atom stereocenters. The van der Waals surface area contributed by atoms with Crippen LogP contribution in [0.25, 0.3) is 0 Å². The summed E-state index contributed by atoms with van der Waals surface area (Å²) in [6.45, 7) is 6.08. The summed E-state index contributed by atoms with van der Waals surface area (Å²) in [5.41, 5.74) is 0. The van der Waals surface area contributed by atoms with E-state index >= 15 is 0 Å². The van der Waals surface area contributed by atoms with Gasteiger partial charge in [-0.1, -0.05) is 27.2 Å². The van der Waals surface area contributed by atoms with Gasteiger partial charge < -0.3 is 0 Å². The van der Waals surface area contributed by atoms with Crippen molar-refractivity contribution in [3.05, 3.63) is 0 Å². The SMILES string of the molecule is CC.CCCCC#N. The van der Waals surface area contributed by atoms with Crippen LogP contribution >= 0.6 is 0 Å². The number of nitrogens with zero attached hydrogens (tertiary/aromatic N) is 1. The predicted octanol–water partition coefficient (Wildman–Crippen LogP) is 2.73. The van der Waals surface area contributed by atoms with Crippen molar-refractivity contribution in [3.63, 3.8) is 0 Å². The highest BCUT2D eigenvalue weighted by Crippen LogP contribution is 1.88. The largest absolute Gasteiger partial charge is 0.198 e. The maximum absolute atomic E-state index is 7.95. The van der Waals surface area contributed by atoms with Crippen LogP contribution in [0.3, 0.4) is 0 Å². The molecule has 0 aromatic carbocycles. The highest BCUT2D eigenvalue weighted by Gasteiger charge is 1.74. The van der Waals surface area contributed by atoms with E-state index < -0.39 is 0 Å². The Morgan fingerprint density at radius 3 is 2.00 bits per heavy atom.